The van der Waals surface area contributed by atoms with E-state index in [1.54, 1.807) is 6.92 Å². The third-order valence-electron chi connectivity index (χ3n) is 7.14. The first-order chi connectivity index (χ1) is 14.5. The average Bonchev–Trinajstić information content (AvgIpc) is 2.70. The van der Waals surface area contributed by atoms with Gasteiger partial charge in [0, 0.05) is 28.4 Å². The molecule has 0 bridgehead atoms. The Labute approximate surface area is 181 Å². The third kappa shape index (κ3) is 2.88. The van der Waals surface area contributed by atoms with Gasteiger partial charge in [0.25, 0.3) is 0 Å². The fraction of sp³-hybridized carbons (Fsp3) is 0.440. The van der Waals surface area contributed by atoms with Crippen molar-refractivity contribution in [3.05, 3.63) is 58.4 Å². The first-order valence-electron chi connectivity index (χ1n) is 10.5. The fourth-order valence-electron chi connectivity index (χ4n) is 5.23. The monoisotopic (exact) mass is 424 g/mol. The van der Waals surface area contributed by atoms with Gasteiger partial charge < -0.3 is 20.1 Å². The van der Waals surface area contributed by atoms with Crippen LogP contribution < -0.4 is 0 Å². The number of ketones is 2. The summed E-state index contributed by atoms with van der Waals surface area (Å²) in [5.74, 6) is -2.19. The van der Waals surface area contributed by atoms with E-state index < -0.39 is 34.9 Å². The number of hydrogen-bond donors (Lipinski definition) is 3. The van der Waals surface area contributed by atoms with Crippen LogP contribution in [-0.4, -0.2) is 39.1 Å². The van der Waals surface area contributed by atoms with Gasteiger partial charge in [0.2, 0.25) is 5.78 Å². The number of hydrogen-bond acceptors (Lipinski definition) is 6. The number of carbonyl (C=O) groups is 2. The predicted molar refractivity (Wildman–Crippen MR) is 115 cm³/mol. The summed E-state index contributed by atoms with van der Waals surface area (Å²) < 4.78 is 6.12. The number of aliphatic hydroxyl groups excluding tert-OH is 1. The molecular formula is C25H28O6. The summed E-state index contributed by atoms with van der Waals surface area (Å²) in [7, 11) is 0. The Hall–Kier alpha value is -2.86. The lowest BCUT2D eigenvalue weighted by atomic mass is 9.65. The summed E-state index contributed by atoms with van der Waals surface area (Å²) in [6.45, 7) is 10.6. The highest BCUT2D eigenvalue weighted by atomic mass is 16.5. The molecule has 6 heteroatoms. The number of benzene rings is 1. The van der Waals surface area contributed by atoms with Crippen LogP contribution in [0.2, 0.25) is 0 Å². The van der Waals surface area contributed by atoms with Crippen LogP contribution in [0.15, 0.2) is 41.7 Å². The van der Waals surface area contributed by atoms with E-state index in [1.165, 1.54) is 12.1 Å². The van der Waals surface area contributed by atoms with E-state index in [1.807, 2.05) is 26.8 Å². The summed E-state index contributed by atoms with van der Waals surface area (Å²) in [6, 6.07) is 1.21. The largest absolute Gasteiger partial charge is 0.507 e. The second-order valence-electron chi connectivity index (χ2n) is 9.61. The molecule has 2 aliphatic carbocycles. The number of phenolic OH excluding ortho intramolecular Hbond substituents is 2. The lowest BCUT2D eigenvalue weighted by molar-refractivity contribution is -0.0493. The van der Waals surface area contributed by atoms with Gasteiger partial charge in [-0.1, -0.05) is 17.7 Å². The first kappa shape index (κ1) is 21.4. The van der Waals surface area contributed by atoms with Crippen LogP contribution in [0.4, 0.5) is 0 Å². The van der Waals surface area contributed by atoms with Crippen molar-refractivity contribution < 1.29 is 29.6 Å². The quantitative estimate of drug-likeness (QED) is 0.635. The Kier molecular flexibility index (Phi) is 4.70. The molecular weight excluding hydrogens is 396 g/mol. The van der Waals surface area contributed by atoms with Gasteiger partial charge in [-0.3, -0.25) is 9.59 Å². The van der Waals surface area contributed by atoms with Crippen molar-refractivity contribution in [2.75, 3.05) is 6.61 Å². The summed E-state index contributed by atoms with van der Waals surface area (Å²) in [5, 5.41) is 31.5. The Balaban J connectivity index is 1.97. The molecule has 3 N–H and O–H groups in total. The van der Waals surface area contributed by atoms with Gasteiger partial charge in [-0.05, 0) is 46.6 Å². The Morgan fingerprint density at radius 1 is 1.29 bits per heavy atom. The van der Waals surface area contributed by atoms with Crippen LogP contribution in [0.1, 0.15) is 66.8 Å². The Morgan fingerprint density at radius 3 is 2.58 bits per heavy atom. The molecule has 1 aromatic rings. The van der Waals surface area contributed by atoms with Gasteiger partial charge >= 0.3 is 0 Å². The minimum Gasteiger partial charge on any atom is -0.507 e. The summed E-state index contributed by atoms with van der Waals surface area (Å²) >= 11 is 0. The van der Waals surface area contributed by atoms with Crippen LogP contribution in [0.25, 0.3) is 0 Å². The number of allylic oxidation sites excluding steroid dienone is 4. The zero-order valence-electron chi connectivity index (χ0n) is 18.3. The molecule has 1 aromatic carbocycles. The van der Waals surface area contributed by atoms with Gasteiger partial charge in [0.1, 0.15) is 17.1 Å². The second kappa shape index (κ2) is 6.82. The standard InChI is InChI=1S/C25H28O6/c1-6-25(5,11-26)19-16(27)10-14-17(21(19)29)22(30)23-18(20(14)28)13-9-12(2)7-8-15(13)24(3,4)31-23/h6,9-10,13,15,26-27,29H,1,7-8,11H2,2-5H3. The summed E-state index contributed by atoms with van der Waals surface area (Å²) in [6.07, 6.45) is 5.17. The third-order valence-corrected chi connectivity index (χ3v) is 7.14. The van der Waals surface area contributed by atoms with Crippen LogP contribution in [0, 0.1) is 11.8 Å². The lowest BCUT2D eigenvalue weighted by Gasteiger charge is -2.47. The number of Topliss-reactive ketones (excluding diaryl/α,β-unsaturated/α-hetero) is 2. The molecule has 164 valence electrons. The van der Waals surface area contributed by atoms with Gasteiger partial charge in [-0.15, -0.1) is 6.58 Å². The van der Waals surface area contributed by atoms with Gasteiger partial charge in [-0.2, -0.15) is 0 Å². The maximum Gasteiger partial charge on any atom is 0.232 e. The lowest BCUT2D eigenvalue weighted by Crippen LogP contribution is -2.48. The zero-order chi connectivity index (χ0) is 22.9. The Morgan fingerprint density at radius 2 is 1.97 bits per heavy atom. The average molecular weight is 424 g/mol. The fourth-order valence-corrected chi connectivity index (χ4v) is 5.23. The van der Waals surface area contributed by atoms with E-state index >= 15 is 0 Å². The number of phenols is 2. The summed E-state index contributed by atoms with van der Waals surface area (Å²) in [4.78, 5) is 27.1. The molecule has 0 aromatic heterocycles. The van der Waals surface area contributed by atoms with Crippen molar-refractivity contribution in [3.63, 3.8) is 0 Å². The number of carbonyl (C=O) groups excluding carboxylic acids is 2. The highest BCUT2D eigenvalue weighted by Crippen LogP contribution is 2.52. The molecule has 0 saturated carbocycles. The Bertz CT molecular complexity index is 1090. The number of ether oxygens (including phenoxy) is 1. The van der Waals surface area contributed by atoms with Crippen molar-refractivity contribution in [2.45, 2.75) is 51.6 Å². The highest BCUT2D eigenvalue weighted by Gasteiger charge is 2.52. The zero-order valence-corrected chi connectivity index (χ0v) is 18.3. The molecule has 3 unspecified atom stereocenters. The molecule has 3 aliphatic rings. The van der Waals surface area contributed by atoms with E-state index in [0.29, 0.717) is 5.57 Å². The van der Waals surface area contributed by atoms with Gasteiger partial charge in [0.15, 0.2) is 11.5 Å². The molecule has 1 aliphatic heterocycles. The first-order valence-corrected chi connectivity index (χ1v) is 10.5. The maximum absolute atomic E-state index is 13.6. The van der Waals surface area contributed by atoms with Crippen LogP contribution in [0.5, 0.6) is 11.5 Å². The minimum atomic E-state index is -1.21. The molecule has 0 spiro atoms. The molecule has 1 heterocycles. The SMILES string of the molecule is C=CC(C)(CO)c1c(O)cc2c(c1O)C(=O)C1=C(C2=O)C2C=C(C)CCC2C(C)(C)O1. The van der Waals surface area contributed by atoms with Crippen molar-refractivity contribution in [1.29, 1.82) is 0 Å². The van der Waals surface area contributed by atoms with Crippen LogP contribution in [-0.2, 0) is 10.2 Å². The van der Waals surface area contributed by atoms with Gasteiger partial charge in [-0.25, -0.2) is 0 Å². The topological polar surface area (TPSA) is 104 Å². The molecule has 6 nitrogen and oxygen atoms in total. The number of aromatic hydroxyl groups is 2. The predicted octanol–water partition coefficient (Wildman–Crippen LogP) is 3.95. The number of aliphatic hydroxyl groups is 1. The van der Waals surface area contributed by atoms with E-state index in [9.17, 15) is 24.9 Å². The molecule has 0 radical (unpaired) electrons. The molecule has 31 heavy (non-hydrogen) atoms. The van der Waals surface area contributed by atoms with Crippen molar-refractivity contribution in [3.8, 4) is 11.5 Å². The second-order valence-corrected chi connectivity index (χ2v) is 9.61. The van der Waals surface area contributed by atoms with E-state index in [-0.39, 0.29) is 40.0 Å². The van der Waals surface area contributed by atoms with Crippen molar-refractivity contribution >= 4 is 11.6 Å². The molecule has 0 saturated heterocycles. The summed E-state index contributed by atoms with van der Waals surface area (Å²) in [5.41, 5.74) is -0.722. The number of fused-ring (bicyclic) bond motifs is 3. The smallest absolute Gasteiger partial charge is 0.232 e. The molecule has 0 amide bonds. The van der Waals surface area contributed by atoms with Crippen LogP contribution in [0.3, 0.4) is 0 Å². The maximum atomic E-state index is 13.6. The normalized spacial score (nSPS) is 26.2. The molecule has 4 rings (SSSR count). The van der Waals surface area contributed by atoms with Crippen molar-refractivity contribution in [2.24, 2.45) is 11.8 Å². The van der Waals surface area contributed by atoms with E-state index in [0.717, 1.165) is 18.4 Å². The van der Waals surface area contributed by atoms with Crippen molar-refractivity contribution in [1.82, 2.24) is 0 Å². The molecule has 0 fully saturated rings. The molecule has 3 atom stereocenters. The van der Waals surface area contributed by atoms with E-state index in [4.69, 9.17) is 4.74 Å². The van der Waals surface area contributed by atoms with E-state index in [2.05, 4.69) is 6.58 Å². The highest BCUT2D eigenvalue weighted by molar-refractivity contribution is 6.28. The van der Waals surface area contributed by atoms with Gasteiger partial charge in [0.05, 0.1) is 17.7 Å². The van der Waals surface area contributed by atoms with Crippen LogP contribution >= 0.6 is 0 Å². The number of rotatable bonds is 3. The minimum absolute atomic E-state index is 0.0353.